The van der Waals surface area contributed by atoms with E-state index in [2.05, 4.69) is 4.98 Å². The number of nitrogens with zero attached hydrogens (tertiary/aromatic N) is 1. The normalized spacial score (nSPS) is 11.6. The van der Waals surface area contributed by atoms with Crippen molar-refractivity contribution in [2.75, 3.05) is 0 Å². The summed E-state index contributed by atoms with van der Waals surface area (Å²) < 4.78 is 35.4. The average Bonchev–Trinajstić information content (AvgIpc) is 2.30. The maximum absolute atomic E-state index is 11.8. The van der Waals surface area contributed by atoms with Crippen LogP contribution in [0.5, 0.6) is 0 Å². The molecule has 0 spiro atoms. The number of halogens is 3. The van der Waals surface area contributed by atoms with Crippen molar-refractivity contribution < 1.29 is 23.1 Å². The highest BCUT2D eigenvalue weighted by molar-refractivity contribution is 5.83. The molecule has 0 unspecified atom stereocenters. The zero-order valence-corrected chi connectivity index (χ0v) is 5.51. The third kappa shape index (κ3) is 1.55. The standard InChI is InChI=1S/C5H3F3N2O2/c6-5(7,8)2-1-9-3(10-2)4(11)12/h1H,(H,9,10)(H,11,12). The Morgan fingerprint density at radius 1 is 1.58 bits per heavy atom. The van der Waals surface area contributed by atoms with Crippen molar-refractivity contribution in [3.05, 3.63) is 17.7 Å². The number of imidazole rings is 1. The lowest BCUT2D eigenvalue weighted by molar-refractivity contribution is -0.140. The lowest BCUT2D eigenvalue weighted by Crippen LogP contribution is -2.06. The number of carboxylic acids is 1. The maximum atomic E-state index is 11.8. The van der Waals surface area contributed by atoms with Crippen LogP contribution in [0.3, 0.4) is 0 Å². The highest BCUT2D eigenvalue weighted by atomic mass is 19.4. The van der Waals surface area contributed by atoms with Gasteiger partial charge in [-0.05, 0) is 0 Å². The van der Waals surface area contributed by atoms with Crippen LogP contribution in [0.4, 0.5) is 13.2 Å². The van der Waals surface area contributed by atoms with Crippen LogP contribution in [0, 0.1) is 0 Å². The fraction of sp³-hybridized carbons (Fsp3) is 0.200. The molecule has 0 saturated carbocycles. The molecule has 0 saturated heterocycles. The number of carbonyl (C=O) groups is 1. The number of aromatic carboxylic acids is 1. The molecule has 0 amide bonds. The molecule has 4 nitrogen and oxygen atoms in total. The molecule has 0 aliphatic carbocycles. The van der Waals surface area contributed by atoms with E-state index in [0.717, 1.165) is 0 Å². The summed E-state index contributed by atoms with van der Waals surface area (Å²) in [6.07, 6.45) is -4.10. The monoisotopic (exact) mass is 180 g/mol. The van der Waals surface area contributed by atoms with Crippen molar-refractivity contribution in [3.63, 3.8) is 0 Å². The van der Waals surface area contributed by atoms with Crippen molar-refractivity contribution in [2.45, 2.75) is 6.18 Å². The number of rotatable bonds is 1. The molecule has 0 fully saturated rings. The first-order valence-corrected chi connectivity index (χ1v) is 2.77. The van der Waals surface area contributed by atoms with Gasteiger partial charge in [-0.3, -0.25) is 0 Å². The van der Waals surface area contributed by atoms with Gasteiger partial charge in [0, 0.05) is 6.20 Å². The van der Waals surface area contributed by atoms with Crippen LogP contribution in [0.1, 0.15) is 16.3 Å². The Hall–Kier alpha value is -1.53. The van der Waals surface area contributed by atoms with E-state index in [9.17, 15) is 18.0 Å². The number of aromatic amines is 1. The lowest BCUT2D eigenvalue weighted by Gasteiger charge is -1.98. The molecule has 7 heteroatoms. The molecular weight excluding hydrogens is 177 g/mol. The number of carboxylic acid groups (broad SMARTS) is 1. The minimum Gasteiger partial charge on any atom is -0.475 e. The lowest BCUT2D eigenvalue weighted by atomic mass is 10.5. The Labute approximate surface area is 64.0 Å². The van der Waals surface area contributed by atoms with Gasteiger partial charge in [0.25, 0.3) is 0 Å². The molecule has 1 aromatic heterocycles. The van der Waals surface area contributed by atoms with Crippen molar-refractivity contribution in [1.82, 2.24) is 9.97 Å². The highest BCUT2D eigenvalue weighted by Gasteiger charge is 2.34. The van der Waals surface area contributed by atoms with E-state index in [0.29, 0.717) is 6.20 Å². The zero-order chi connectivity index (χ0) is 9.35. The molecule has 1 aromatic rings. The summed E-state index contributed by atoms with van der Waals surface area (Å²) in [6, 6.07) is 0. The fourth-order valence-corrected chi connectivity index (χ4v) is 0.576. The van der Waals surface area contributed by atoms with Crippen LogP contribution in [0.25, 0.3) is 0 Å². The van der Waals surface area contributed by atoms with Crippen LogP contribution in [-0.4, -0.2) is 21.0 Å². The zero-order valence-electron chi connectivity index (χ0n) is 5.51. The molecule has 0 bridgehead atoms. The molecule has 0 radical (unpaired) electrons. The van der Waals surface area contributed by atoms with Crippen LogP contribution >= 0.6 is 0 Å². The van der Waals surface area contributed by atoms with E-state index >= 15 is 0 Å². The van der Waals surface area contributed by atoms with Crippen molar-refractivity contribution >= 4 is 5.97 Å². The topological polar surface area (TPSA) is 66.0 Å². The number of H-pyrrole nitrogens is 1. The Morgan fingerprint density at radius 3 is 2.42 bits per heavy atom. The van der Waals surface area contributed by atoms with Crippen molar-refractivity contribution in [2.24, 2.45) is 0 Å². The number of aromatic nitrogens is 2. The average molecular weight is 180 g/mol. The summed E-state index contributed by atoms with van der Waals surface area (Å²) in [5, 5.41) is 8.20. The first-order chi connectivity index (χ1) is 5.41. The maximum Gasteiger partial charge on any atom is 0.434 e. The second kappa shape index (κ2) is 2.50. The molecule has 0 aliphatic rings. The number of nitrogens with one attached hydrogen (secondary N) is 1. The van der Waals surface area contributed by atoms with Gasteiger partial charge in [0.15, 0.2) is 5.69 Å². The van der Waals surface area contributed by atoms with Gasteiger partial charge in [-0.2, -0.15) is 13.2 Å². The summed E-state index contributed by atoms with van der Waals surface area (Å²) >= 11 is 0. The largest absolute Gasteiger partial charge is 0.475 e. The van der Waals surface area contributed by atoms with Crippen molar-refractivity contribution in [1.29, 1.82) is 0 Å². The van der Waals surface area contributed by atoms with Gasteiger partial charge >= 0.3 is 12.1 Å². The molecule has 12 heavy (non-hydrogen) atoms. The molecule has 0 atom stereocenters. The molecule has 0 aliphatic heterocycles. The molecule has 1 heterocycles. The van der Waals surface area contributed by atoms with E-state index in [1.807, 2.05) is 4.98 Å². The van der Waals surface area contributed by atoms with Gasteiger partial charge in [-0.25, -0.2) is 9.78 Å². The van der Waals surface area contributed by atoms with Gasteiger partial charge in [0.1, 0.15) is 0 Å². The summed E-state index contributed by atoms with van der Waals surface area (Å²) in [5.41, 5.74) is -1.24. The van der Waals surface area contributed by atoms with Crippen molar-refractivity contribution in [3.8, 4) is 0 Å². The third-order valence-corrected chi connectivity index (χ3v) is 1.07. The van der Waals surface area contributed by atoms with E-state index in [-0.39, 0.29) is 0 Å². The first kappa shape index (κ1) is 8.57. The van der Waals surface area contributed by atoms with E-state index in [1.165, 1.54) is 0 Å². The van der Waals surface area contributed by atoms with Crippen LogP contribution < -0.4 is 0 Å². The second-order valence-electron chi connectivity index (χ2n) is 1.94. The van der Waals surface area contributed by atoms with Gasteiger partial charge in [0.2, 0.25) is 5.82 Å². The summed E-state index contributed by atoms with van der Waals surface area (Å²) in [5.74, 6) is -2.24. The molecule has 2 N–H and O–H groups in total. The molecule has 0 aromatic carbocycles. The fourth-order valence-electron chi connectivity index (χ4n) is 0.576. The quantitative estimate of drug-likeness (QED) is 0.680. The molecule has 1 rings (SSSR count). The Morgan fingerprint density at radius 2 is 2.17 bits per heavy atom. The predicted molar refractivity (Wildman–Crippen MR) is 30.5 cm³/mol. The van der Waals surface area contributed by atoms with E-state index < -0.39 is 23.7 Å². The van der Waals surface area contributed by atoms with Gasteiger partial charge in [-0.1, -0.05) is 0 Å². The highest BCUT2D eigenvalue weighted by Crippen LogP contribution is 2.27. The molecule has 66 valence electrons. The Balaban J connectivity index is 3.00. The number of alkyl halides is 3. The summed E-state index contributed by atoms with van der Waals surface area (Å²) in [6.45, 7) is 0. The number of hydrogen-bond acceptors (Lipinski definition) is 2. The minimum absolute atomic E-state index is 0.503. The Kier molecular flexibility index (Phi) is 1.79. The third-order valence-electron chi connectivity index (χ3n) is 1.07. The smallest absolute Gasteiger partial charge is 0.434 e. The van der Waals surface area contributed by atoms with Gasteiger partial charge in [-0.15, -0.1) is 0 Å². The SMILES string of the molecule is O=C(O)c1nc(C(F)(F)F)c[nH]1. The summed E-state index contributed by atoms with van der Waals surface area (Å²) in [4.78, 5) is 14.8. The minimum atomic E-state index is -4.61. The molecular formula is C5H3F3N2O2. The number of hydrogen-bond donors (Lipinski definition) is 2. The predicted octanol–water partition coefficient (Wildman–Crippen LogP) is 1.13. The van der Waals surface area contributed by atoms with Crippen LogP contribution in [-0.2, 0) is 6.18 Å². The van der Waals surface area contributed by atoms with Crippen LogP contribution in [0.2, 0.25) is 0 Å². The van der Waals surface area contributed by atoms with Gasteiger partial charge in [0.05, 0.1) is 0 Å². The second-order valence-corrected chi connectivity index (χ2v) is 1.94. The first-order valence-electron chi connectivity index (χ1n) is 2.77. The Bertz CT molecular complexity index is 304. The van der Waals surface area contributed by atoms with Gasteiger partial charge < -0.3 is 10.1 Å². The van der Waals surface area contributed by atoms with E-state index in [4.69, 9.17) is 5.11 Å². The van der Waals surface area contributed by atoms with Crippen LogP contribution in [0.15, 0.2) is 6.20 Å². The summed E-state index contributed by atoms with van der Waals surface area (Å²) in [7, 11) is 0. The van der Waals surface area contributed by atoms with E-state index in [1.54, 1.807) is 0 Å².